The fourth-order valence-corrected chi connectivity index (χ4v) is 2.52. The van der Waals surface area contributed by atoms with E-state index in [4.69, 9.17) is 10.8 Å². The second kappa shape index (κ2) is 4.85. The predicted molar refractivity (Wildman–Crippen MR) is 65.0 cm³/mol. The molecule has 3 N–H and O–H groups in total. The van der Waals surface area contributed by atoms with Gasteiger partial charge in [0.05, 0.1) is 6.42 Å². The molecule has 0 saturated carbocycles. The smallest absolute Gasteiger partial charge is 0.304 e. The Kier molecular flexibility index (Phi) is 3.94. The minimum Gasteiger partial charge on any atom is -0.481 e. The molecule has 1 aliphatic carbocycles. The summed E-state index contributed by atoms with van der Waals surface area (Å²) in [5.74, 6) is -0.767. The first-order valence-electron chi connectivity index (χ1n) is 5.18. The van der Waals surface area contributed by atoms with E-state index >= 15 is 0 Å². The van der Waals surface area contributed by atoms with E-state index in [0.717, 1.165) is 18.4 Å². The van der Waals surface area contributed by atoms with Crippen LogP contribution in [0.25, 0.3) is 0 Å². The maximum absolute atomic E-state index is 10.9. The molecule has 0 amide bonds. The predicted octanol–water partition coefficient (Wildman–Crippen LogP) is 1.73. The van der Waals surface area contributed by atoms with Crippen LogP contribution in [0.5, 0.6) is 0 Å². The molecule has 88 valence electrons. The number of fused-ring (bicyclic) bond motifs is 1. The Balaban J connectivity index is 0.00000128. The largest absolute Gasteiger partial charge is 0.481 e. The molecule has 0 spiro atoms. The zero-order chi connectivity index (χ0) is 10.9. The van der Waals surface area contributed by atoms with E-state index in [1.165, 1.54) is 5.56 Å². The van der Waals surface area contributed by atoms with Crippen LogP contribution in [0.15, 0.2) is 24.3 Å². The van der Waals surface area contributed by atoms with Crippen LogP contribution in [-0.2, 0) is 16.6 Å². The topological polar surface area (TPSA) is 63.3 Å². The van der Waals surface area contributed by atoms with Crippen LogP contribution >= 0.6 is 12.4 Å². The van der Waals surface area contributed by atoms with Gasteiger partial charge in [0, 0.05) is 12.0 Å². The Morgan fingerprint density at radius 1 is 1.44 bits per heavy atom. The summed E-state index contributed by atoms with van der Waals surface area (Å²) in [6, 6.07) is 8.02. The van der Waals surface area contributed by atoms with Crippen molar-refractivity contribution in [2.45, 2.75) is 24.7 Å². The van der Waals surface area contributed by atoms with Crippen LogP contribution in [-0.4, -0.2) is 17.6 Å². The average Bonchev–Trinajstić information content (AvgIpc) is 2.58. The van der Waals surface area contributed by atoms with Crippen LogP contribution < -0.4 is 5.73 Å². The number of nitrogens with two attached hydrogens (primary N) is 1. The molecular formula is C12H16ClNO2. The second-order valence-corrected chi connectivity index (χ2v) is 4.21. The van der Waals surface area contributed by atoms with Gasteiger partial charge >= 0.3 is 5.97 Å². The molecule has 4 heteroatoms. The van der Waals surface area contributed by atoms with Crippen molar-refractivity contribution in [3.8, 4) is 0 Å². The number of hydrogen-bond acceptors (Lipinski definition) is 2. The maximum Gasteiger partial charge on any atom is 0.304 e. The first kappa shape index (κ1) is 13.0. The van der Waals surface area contributed by atoms with Crippen LogP contribution in [0.2, 0.25) is 0 Å². The Hall–Kier alpha value is -1.06. The van der Waals surface area contributed by atoms with Crippen LogP contribution in [0.3, 0.4) is 0 Å². The van der Waals surface area contributed by atoms with Crippen molar-refractivity contribution in [3.05, 3.63) is 35.4 Å². The number of aliphatic carboxylic acids is 1. The molecule has 1 aliphatic rings. The highest BCUT2D eigenvalue weighted by molar-refractivity contribution is 5.85. The second-order valence-electron chi connectivity index (χ2n) is 4.21. The van der Waals surface area contributed by atoms with Crippen molar-refractivity contribution >= 4 is 18.4 Å². The quantitative estimate of drug-likeness (QED) is 0.847. The van der Waals surface area contributed by atoms with E-state index in [-0.39, 0.29) is 24.2 Å². The van der Waals surface area contributed by atoms with E-state index in [2.05, 4.69) is 6.07 Å². The van der Waals surface area contributed by atoms with Crippen LogP contribution in [0, 0.1) is 0 Å². The number of carboxylic acids is 1. The number of benzene rings is 1. The molecule has 0 radical (unpaired) electrons. The summed E-state index contributed by atoms with van der Waals surface area (Å²) in [6.45, 7) is 0.413. The van der Waals surface area contributed by atoms with Crippen molar-refractivity contribution in [1.82, 2.24) is 0 Å². The van der Waals surface area contributed by atoms with Gasteiger partial charge in [-0.1, -0.05) is 24.3 Å². The summed E-state index contributed by atoms with van der Waals surface area (Å²) in [6.07, 6.45) is 1.94. The lowest BCUT2D eigenvalue weighted by atomic mass is 9.79. The molecule has 3 nitrogen and oxygen atoms in total. The highest BCUT2D eigenvalue weighted by atomic mass is 35.5. The molecule has 0 aliphatic heterocycles. The summed E-state index contributed by atoms with van der Waals surface area (Å²) >= 11 is 0. The van der Waals surface area contributed by atoms with Gasteiger partial charge in [-0.05, 0) is 24.0 Å². The minimum absolute atomic E-state index is 0. The van der Waals surface area contributed by atoms with Crippen molar-refractivity contribution in [1.29, 1.82) is 0 Å². The Labute approximate surface area is 101 Å². The monoisotopic (exact) mass is 241 g/mol. The number of hydrogen-bond donors (Lipinski definition) is 2. The highest BCUT2D eigenvalue weighted by Crippen LogP contribution is 2.40. The normalized spacial score (nSPS) is 22.3. The number of carboxylic acid groups (broad SMARTS) is 1. The average molecular weight is 242 g/mol. The summed E-state index contributed by atoms with van der Waals surface area (Å²) in [5, 5.41) is 8.94. The SMILES string of the molecule is Cl.NCC1(CC(=O)O)CCc2ccccc21. The van der Waals surface area contributed by atoms with Crippen molar-refractivity contribution in [2.24, 2.45) is 5.73 Å². The standard InChI is InChI=1S/C12H15NO2.ClH/c13-8-12(7-11(14)15)6-5-9-3-1-2-4-10(9)12;/h1-4H,5-8,13H2,(H,14,15);1H. The molecular weight excluding hydrogens is 226 g/mol. The van der Waals surface area contributed by atoms with Gasteiger partial charge in [0.2, 0.25) is 0 Å². The van der Waals surface area contributed by atoms with Gasteiger partial charge in [-0.3, -0.25) is 4.79 Å². The van der Waals surface area contributed by atoms with Gasteiger partial charge in [-0.2, -0.15) is 0 Å². The summed E-state index contributed by atoms with van der Waals surface area (Å²) < 4.78 is 0. The van der Waals surface area contributed by atoms with E-state index in [9.17, 15) is 4.79 Å². The van der Waals surface area contributed by atoms with Gasteiger partial charge in [0.15, 0.2) is 0 Å². The molecule has 0 saturated heterocycles. The van der Waals surface area contributed by atoms with Gasteiger partial charge in [0.1, 0.15) is 0 Å². The first-order valence-corrected chi connectivity index (χ1v) is 5.18. The fraction of sp³-hybridized carbons (Fsp3) is 0.417. The molecule has 0 fully saturated rings. The van der Waals surface area contributed by atoms with Gasteiger partial charge < -0.3 is 10.8 Å². The lowest BCUT2D eigenvalue weighted by molar-refractivity contribution is -0.138. The number of carbonyl (C=O) groups is 1. The summed E-state index contributed by atoms with van der Waals surface area (Å²) in [4.78, 5) is 10.9. The lowest BCUT2D eigenvalue weighted by Gasteiger charge is -2.26. The number of halogens is 1. The van der Waals surface area contributed by atoms with Gasteiger partial charge in [0.25, 0.3) is 0 Å². The van der Waals surface area contributed by atoms with Crippen molar-refractivity contribution < 1.29 is 9.90 Å². The third kappa shape index (κ3) is 2.06. The zero-order valence-electron chi connectivity index (χ0n) is 8.98. The molecule has 0 heterocycles. The number of aryl methyl sites for hydroxylation is 1. The third-order valence-electron chi connectivity index (χ3n) is 3.34. The number of rotatable bonds is 3. The van der Waals surface area contributed by atoms with Crippen molar-refractivity contribution in [3.63, 3.8) is 0 Å². The Morgan fingerprint density at radius 3 is 2.75 bits per heavy atom. The highest BCUT2D eigenvalue weighted by Gasteiger charge is 2.38. The minimum atomic E-state index is -0.767. The molecule has 1 atom stereocenters. The third-order valence-corrected chi connectivity index (χ3v) is 3.34. The molecule has 1 unspecified atom stereocenters. The van der Waals surface area contributed by atoms with E-state index < -0.39 is 5.97 Å². The van der Waals surface area contributed by atoms with Gasteiger partial charge in [-0.25, -0.2) is 0 Å². The zero-order valence-corrected chi connectivity index (χ0v) is 9.80. The summed E-state index contributed by atoms with van der Waals surface area (Å²) in [5.41, 5.74) is 7.83. The molecule has 1 aromatic carbocycles. The van der Waals surface area contributed by atoms with Crippen LogP contribution in [0.4, 0.5) is 0 Å². The summed E-state index contributed by atoms with van der Waals surface area (Å²) in [7, 11) is 0. The molecule has 16 heavy (non-hydrogen) atoms. The van der Waals surface area contributed by atoms with E-state index in [1.807, 2.05) is 18.2 Å². The molecule has 0 aromatic heterocycles. The Bertz CT molecular complexity index is 394. The molecule has 1 aromatic rings. The first-order chi connectivity index (χ1) is 7.18. The lowest BCUT2D eigenvalue weighted by Crippen LogP contribution is -2.35. The maximum atomic E-state index is 10.9. The molecule has 0 bridgehead atoms. The van der Waals surface area contributed by atoms with Crippen LogP contribution in [0.1, 0.15) is 24.0 Å². The van der Waals surface area contributed by atoms with Crippen molar-refractivity contribution in [2.75, 3.05) is 6.54 Å². The Morgan fingerprint density at radius 2 is 2.12 bits per heavy atom. The van der Waals surface area contributed by atoms with E-state index in [1.54, 1.807) is 0 Å². The fourth-order valence-electron chi connectivity index (χ4n) is 2.52. The molecule has 2 rings (SSSR count). The van der Waals surface area contributed by atoms with E-state index in [0.29, 0.717) is 6.54 Å². The van der Waals surface area contributed by atoms with Gasteiger partial charge in [-0.15, -0.1) is 12.4 Å².